The fraction of sp³-hybridized carbons (Fsp3) is 0.684. The van der Waals surface area contributed by atoms with Crippen molar-refractivity contribution in [1.29, 1.82) is 0 Å². The Morgan fingerprint density at radius 1 is 1.44 bits per heavy atom. The number of rotatable bonds is 6. The lowest BCUT2D eigenvalue weighted by atomic mass is 9.76. The molecule has 0 saturated carbocycles. The summed E-state index contributed by atoms with van der Waals surface area (Å²) >= 11 is 0. The molecule has 2 aliphatic heterocycles. The number of likely N-dealkylation sites (N-methyl/N-ethyl adjacent to an activating group) is 1. The van der Waals surface area contributed by atoms with Crippen molar-refractivity contribution in [1.82, 2.24) is 14.8 Å². The van der Waals surface area contributed by atoms with E-state index in [1.165, 1.54) is 18.4 Å². The van der Waals surface area contributed by atoms with Crippen LogP contribution in [0, 0.1) is 5.41 Å². The Kier molecular flexibility index (Phi) is 6.04. The third-order valence-electron chi connectivity index (χ3n) is 5.36. The largest absolute Gasteiger partial charge is 0.375 e. The molecular formula is C19H29N3O3. The van der Waals surface area contributed by atoms with Crippen molar-refractivity contribution in [2.75, 3.05) is 47.0 Å². The minimum absolute atomic E-state index is 0.00331. The molecule has 3 rings (SSSR count). The average molecular weight is 347 g/mol. The number of likely N-dealkylation sites (tertiary alicyclic amines) is 1. The molecule has 6 nitrogen and oxygen atoms in total. The van der Waals surface area contributed by atoms with Crippen LogP contribution in [0.5, 0.6) is 0 Å². The zero-order chi connectivity index (χ0) is 17.7. The number of amides is 1. The molecule has 3 heterocycles. The number of carbonyl (C=O) groups excluding carboxylic acids is 1. The Bertz CT molecular complexity index is 556. The molecular weight excluding hydrogens is 318 g/mol. The molecule has 138 valence electrons. The van der Waals surface area contributed by atoms with Gasteiger partial charge in [-0.15, -0.1) is 0 Å². The summed E-state index contributed by atoms with van der Waals surface area (Å²) < 4.78 is 11.5. The molecule has 1 aromatic rings. The molecule has 6 heteroatoms. The van der Waals surface area contributed by atoms with Gasteiger partial charge < -0.3 is 14.4 Å². The lowest BCUT2D eigenvalue weighted by Gasteiger charge is -2.38. The number of hydrogen-bond donors (Lipinski definition) is 0. The van der Waals surface area contributed by atoms with Gasteiger partial charge >= 0.3 is 0 Å². The minimum Gasteiger partial charge on any atom is -0.375 e. The number of pyridine rings is 1. The standard InChI is InChI=1S/C19H29N3O3/c1-21(2)18(23)14-24-13-17-10-19(15-25-17)5-8-22(9-6-19)12-16-4-3-7-20-11-16/h3-4,7,11,17H,5-6,8-10,12-15H2,1-2H3/t17-/m1/s1. The Hall–Kier alpha value is -1.50. The van der Waals surface area contributed by atoms with Gasteiger partial charge in [0.2, 0.25) is 5.91 Å². The van der Waals surface area contributed by atoms with Crippen LogP contribution in [0.3, 0.4) is 0 Å². The van der Waals surface area contributed by atoms with E-state index in [2.05, 4.69) is 16.0 Å². The van der Waals surface area contributed by atoms with Crippen LogP contribution in [-0.2, 0) is 20.8 Å². The van der Waals surface area contributed by atoms with Crippen molar-refractivity contribution in [3.8, 4) is 0 Å². The van der Waals surface area contributed by atoms with Gasteiger partial charge in [0, 0.05) is 33.0 Å². The van der Waals surface area contributed by atoms with Crippen LogP contribution in [0.1, 0.15) is 24.8 Å². The van der Waals surface area contributed by atoms with Gasteiger partial charge in [-0.2, -0.15) is 0 Å². The number of nitrogens with zero attached hydrogens (tertiary/aromatic N) is 3. The summed E-state index contributed by atoms with van der Waals surface area (Å²) in [6, 6.07) is 4.13. The second-order valence-corrected chi connectivity index (χ2v) is 7.58. The van der Waals surface area contributed by atoms with Crippen molar-refractivity contribution < 1.29 is 14.3 Å². The summed E-state index contributed by atoms with van der Waals surface area (Å²) in [5.74, 6) is -0.00331. The zero-order valence-corrected chi connectivity index (χ0v) is 15.3. The SMILES string of the molecule is CN(C)C(=O)COC[C@H]1CC2(CCN(Cc3cccnc3)CC2)CO1. The first kappa shape index (κ1) is 18.3. The van der Waals surface area contributed by atoms with E-state index in [0.29, 0.717) is 12.0 Å². The van der Waals surface area contributed by atoms with Gasteiger partial charge in [-0.3, -0.25) is 14.7 Å². The van der Waals surface area contributed by atoms with Crippen molar-refractivity contribution in [3.63, 3.8) is 0 Å². The van der Waals surface area contributed by atoms with E-state index in [9.17, 15) is 4.79 Å². The molecule has 0 radical (unpaired) electrons. The molecule has 0 aliphatic carbocycles. The van der Waals surface area contributed by atoms with Crippen molar-refractivity contribution in [3.05, 3.63) is 30.1 Å². The number of aromatic nitrogens is 1. The Morgan fingerprint density at radius 2 is 2.24 bits per heavy atom. The third kappa shape index (κ3) is 5.00. The van der Waals surface area contributed by atoms with Gasteiger partial charge in [0.05, 0.1) is 19.3 Å². The maximum atomic E-state index is 11.5. The molecule has 0 aromatic carbocycles. The van der Waals surface area contributed by atoms with Crippen LogP contribution in [-0.4, -0.2) is 73.8 Å². The first-order chi connectivity index (χ1) is 12.1. The molecule has 1 aromatic heterocycles. The van der Waals surface area contributed by atoms with Gasteiger partial charge in [0.25, 0.3) is 0 Å². The molecule has 1 amide bonds. The predicted octanol–water partition coefficient (Wildman–Crippen LogP) is 1.56. The van der Waals surface area contributed by atoms with Gasteiger partial charge in [0.1, 0.15) is 6.61 Å². The van der Waals surface area contributed by atoms with E-state index < -0.39 is 0 Å². The highest BCUT2D eigenvalue weighted by molar-refractivity contribution is 5.76. The van der Waals surface area contributed by atoms with E-state index in [0.717, 1.165) is 32.7 Å². The summed E-state index contributed by atoms with van der Waals surface area (Å²) in [6.45, 7) is 4.66. The predicted molar refractivity (Wildman–Crippen MR) is 95.1 cm³/mol. The molecule has 2 aliphatic rings. The third-order valence-corrected chi connectivity index (χ3v) is 5.36. The van der Waals surface area contributed by atoms with Crippen molar-refractivity contribution >= 4 is 5.91 Å². The first-order valence-electron chi connectivity index (χ1n) is 9.07. The van der Waals surface area contributed by atoms with E-state index in [1.54, 1.807) is 19.0 Å². The van der Waals surface area contributed by atoms with E-state index in [-0.39, 0.29) is 18.6 Å². The van der Waals surface area contributed by atoms with E-state index in [4.69, 9.17) is 9.47 Å². The topological polar surface area (TPSA) is 54.9 Å². The van der Waals surface area contributed by atoms with Crippen LogP contribution in [0.15, 0.2) is 24.5 Å². The molecule has 2 fully saturated rings. The maximum absolute atomic E-state index is 11.5. The molecule has 2 saturated heterocycles. The van der Waals surface area contributed by atoms with E-state index in [1.807, 2.05) is 18.5 Å². The molecule has 1 spiro atoms. The summed E-state index contributed by atoms with van der Waals surface area (Å²) in [7, 11) is 3.48. The number of carbonyl (C=O) groups is 1. The Balaban J connectivity index is 1.39. The second-order valence-electron chi connectivity index (χ2n) is 7.58. The first-order valence-corrected chi connectivity index (χ1v) is 9.07. The van der Waals surface area contributed by atoms with Gasteiger partial charge in [-0.1, -0.05) is 6.07 Å². The summed E-state index contributed by atoms with van der Waals surface area (Å²) in [6.07, 6.45) is 7.27. The lowest BCUT2D eigenvalue weighted by molar-refractivity contribution is -0.134. The van der Waals surface area contributed by atoms with Gasteiger partial charge in [-0.05, 0) is 49.4 Å². The molecule has 25 heavy (non-hydrogen) atoms. The zero-order valence-electron chi connectivity index (χ0n) is 15.3. The number of hydrogen-bond acceptors (Lipinski definition) is 5. The smallest absolute Gasteiger partial charge is 0.248 e. The average Bonchev–Trinajstić information content (AvgIpc) is 3.01. The summed E-state index contributed by atoms with van der Waals surface area (Å²) in [5, 5.41) is 0. The van der Waals surface area contributed by atoms with Crippen LogP contribution < -0.4 is 0 Å². The van der Waals surface area contributed by atoms with Crippen LogP contribution in [0.4, 0.5) is 0 Å². The summed E-state index contributed by atoms with van der Waals surface area (Å²) in [4.78, 5) is 19.8. The molecule has 0 bridgehead atoms. The highest BCUT2D eigenvalue weighted by Gasteiger charge is 2.42. The molecule has 0 N–H and O–H groups in total. The van der Waals surface area contributed by atoms with Crippen molar-refractivity contribution in [2.45, 2.75) is 31.9 Å². The minimum atomic E-state index is -0.00331. The highest BCUT2D eigenvalue weighted by atomic mass is 16.5. The number of ether oxygens (including phenoxy) is 2. The van der Waals surface area contributed by atoms with Gasteiger partial charge in [-0.25, -0.2) is 0 Å². The monoisotopic (exact) mass is 347 g/mol. The van der Waals surface area contributed by atoms with Crippen LogP contribution in [0.2, 0.25) is 0 Å². The fourth-order valence-electron chi connectivity index (χ4n) is 3.69. The summed E-state index contributed by atoms with van der Waals surface area (Å²) in [5.41, 5.74) is 1.57. The van der Waals surface area contributed by atoms with E-state index >= 15 is 0 Å². The lowest BCUT2D eigenvalue weighted by Crippen LogP contribution is -2.40. The normalized spacial score (nSPS) is 23.0. The molecule has 0 unspecified atom stereocenters. The van der Waals surface area contributed by atoms with Crippen LogP contribution >= 0.6 is 0 Å². The highest BCUT2D eigenvalue weighted by Crippen LogP contribution is 2.42. The Labute approximate surface area is 150 Å². The fourth-order valence-corrected chi connectivity index (χ4v) is 3.69. The van der Waals surface area contributed by atoms with Crippen LogP contribution in [0.25, 0.3) is 0 Å². The van der Waals surface area contributed by atoms with Gasteiger partial charge in [0.15, 0.2) is 0 Å². The Morgan fingerprint density at radius 3 is 2.92 bits per heavy atom. The quantitative estimate of drug-likeness (QED) is 0.782. The molecule has 1 atom stereocenters. The number of piperidine rings is 1. The van der Waals surface area contributed by atoms with Crippen molar-refractivity contribution in [2.24, 2.45) is 5.41 Å². The maximum Gasteiger partial charge on any atom is 0.248 e. The second kappa shape index (κ2) is 8.25.